The van der Waals surface area contributed by atoms with Crippen LogP contribution in [-0.2, 0) is 4.74 Å². The van der Waals surface area contributed by atoms with Gasteiger partial charge in [-0.25, -0.2) is 4.99 Å². The molecule has 1 saturated heterocycles. The van der Waals surface area contributed by atoms with Gasteiger partial charge in [-0.15, -0.1) is 0 Å². The highest BCUT2D eigenvalue weighted by molar-refractivity contribution is 6.06. The summed E-state index contributed by atoms with van der Waals surface area (Å²) in [5.41, 5.74) is 4.64. The van der Waals surface area contributed by atoms with Crippen LogP contribution in [0.3, 0.4) is 0 Å². The van der Waals surface area contributed by atoms with E-state index in [1.165, 1.54) is 0 Å². The third kappa shape index (κ3) is 3.14. The van der Waals surface area contributed by atoms with Gasteiger partial charge in [-0.05, 0) is 37.6 Å². The van der Waals surface area contributed by atoms with Gasteiger partial charge < -0.3 is 9.64 Å². The molecule has 0 amide bonds. The van der Waals surface area contributed by atoms with Gasteiger partial charge in [0, 0.05) is 35.9 Å². The quantitative estimate of drug-likeness (QED) is 0.731. The molecule has 0 saturated carbocycles. The van der Waals surface area contributed by atoms with Crippen molar-refractivity contribution in [3.63, 3.8) is 0 Å². The number of aliphatic imine (C=N–C) groups is 1. The van der Waals surface area contributed by atoms with Crippen molar-refractivity contribution in [2.24, 2.45) is 4.99 Å². The Morgan fingerprint density at radius 3 is 2.42 bits per heavy atom. The molecular weight excluding hydrogens is 322 g/mol. The molecule has 0 spiro atoms. The first-order valence-corrected chi connectivity index (χ1v) is 8.99. The Balaban J connectivity index is 1.81. The van der Waals surface area contributed by atoms with Crippen molar-refractivity contribution < 1.29 is 4.74 Å². The van der Waals surface area contributed by atoms with Crippen LogP contribution in [0.25, 0.3) is 5.57 Å². The Morgan fingerprint density at radius 1 is 1.04 bits per heavy atom. The van der Waals surface area contributed by atoms with Gasteiger partial charge >= 0.3 is 0 Å². The summed E-state index contributed by atoms with van der Waals surface area (Å²) in [6.45, 7) is 2.07. The molecule has 26 heavy (non-hydrogen) atoms. The van der Waals surface area contributed by atoms with E-state index in [2.05, 4.69) is 18.0 Å². The van der Waals surface area contributed by atoms with Crippen LogP contribution in [0.1, 0.15) is 29.5 Å². The van der Waals surface area contributed by atoms with E-state index in [1.807, 2.05) is 48.5 Å². The number of piperidine rings is 1. The third-order valence-electron chi connectivity index (χ3n) is 5.02. The zero-order valence-electron chi connectivity index (χ0n) is 14.9. The van der Waals surface area contributed by atoms with Crippen molar-refractivity contribution in [1.82, 2.24) is 4.90 Å². The van der Waals surface area contributed by atoms with Crippen LogP contribution in [0.4, 0.5) is 5.69 Å². The lowest BCUT2D eigenvalue weighted by Gasteiger charge is -2.29. The van der Waals surface area contributed by atoms with E-state index in [4.69, 9.17) is 9.73 Å². The molecule has 0 N–H and O–H groups in total. The van der Waals surface area contributed by atoms with Gasteiger partial charge in [0.2, 0.25) is 5.90 Å². The van der Waals surface area contributed by atoms with Crippen LogP contribution in [0, 0.1) is 11.3 Å². The van der Waals surface area contributed by atoms with Crippen LogP contribution < -0.4 is 0 Å². The van der Waals surface area contributed by atoms with Gasteiger partial charge in [0.1, 0.15) is 6.10 Å². The molecule has 0 radical (unpaired) electrons. The average Bonchev–Trinajstić information content (AvgIpc) is 2.80. The maximum atomic E-state index is 9.31. The highest BCUT2D eigenvalue weighted by Crippen LogP contribution is 2.37. The Bertz CT molecular complexity index is 915. The number of hydrogen-bond donors (Lipinski definition) is 0. The number of nitrogens with zero attached hydrogens (tertiary/aromatic N) is 3. The first-order chi connectivity index (χ1) is 12.8. The molecule has 0 unspecified atom stereocenters. The van der Waals surface area contributed by atoms with Gasteiger partial charge in [-0.3, -0.25) is 0 Å². The van der Waals surface area contributed by atoms with Gasteiger partial charge in [0.15, 0.2) is 0 Å². The summed E-state index contributed by atoms with van der Waals surface area (Å²) < 4.78 is 6.38. The smallest absolute Gasteiger partial charge is 0.222 e. The molecule has 4 heteroatoms. The maximum Gasteiger partial charge on any atom is 0.222 e. The summed E-state index contributed by atoms with van der Waals surface area (Å²) in [6.07, 6.45) is 3.78. The molecule has 130 valence electrons. The van der Waals surface area contributed by atoms with E-state index >= 15 is 0 Å². The second-order valence-corrected chi connectivity index (χ2v) is 6.79. The molecule has 4 rings (SSSR count). The molecule has 2 aliphatic rings. The summed E-state index contributed by atoms with van der Waals surface area (Å²) in [6, 6.07) is 18.2. The zero-order valence-corrected chi connectivity index (χ0v) is 14.9. The van der Waals surface area contributed by atoms with Gasteiger partial charge in [-0.1, -0.05) is 36.4 Å². The van der Waals surface area contributed by atoms with Crippen LogP contribution in [0.2, 0.25) is 0 Å². The molecule has 1 fully saturated rings. The number of benzene rings is 2. The topological polar surface area (TPSA) is 48.6 Å². The average molecular weight is 343 g/mol. The summed E-state index contributed by atoms with van der Waals surface area (Å²) >= 11 is 0. The van der Waals surface area contributed by atoms with Crippen molar-refractivity contribution >= 4 is 17.2 Å². The number of likely N-dealkylation sites (tertiary alicyclic amines) is 1. The lowest BCUT2D eigenvalue weighted by Crippen LogP contribution is -2.35. The molecule has 2 aromatic rings. The fourth-order valence-electron chi connectivity index (χ4n) is 3.59. The standard InChI is InChI=1S/C22H21N3O/c1-25-14-11-16(12-15-25)26-22-20-8-3-2-6-17(20)18(10-13-23)19-7-4-5-9-21(19)24-22/h2-10,16H,11-12,14-15H2,1H3/b18-10+. The zero-order chi connectivity index (χ0) is 17.9. The minimum Gasteiger partial charge on any atom is -0.474 e. The molecule has 4 nitrogen and oxygen atoms in total. The lowest BCUT2D eigenvalue weighted by molar-refractivity contribution is 0.105. The minimum atomic E-state index is 0.173. The Labute approximate surface area is 154 Å². The van der Waals surface area contributed by atoms with Crippen LogP contribution in [0.5, 0.6) is 0 Å². The predicted molar refractivity (Wildman–Crippen MR) is 103 cm³/mol. The van der Waals surface area contributed by atoms with E-state index < -0.39 is 0 Å². The van der Waals surface area contributed by atoms with E-state index in [1.54, 1.807) is 6.08 Å². The molecule has 0 bridgehead atoms. The molecule has 2 aliphatic heterocycles. The summed E-state index contributed by atoms with van der Waals surface area (Å²) in [5, 5.41) is 9.31. The van der Waals surface area contributed by atoms with Crippen molar-refractivity contribution in [2.45, 2.75) is 18.9 Å². The van der Waals surface area contributed by atoms with E-state index in [9.17, 15) is 5.26 Å². The van der Waals surface area contributed by atoms with Crippen molar-refractivity contribution in [1.29, 1.82) is 5.26 Å². The van der Waals surface area contributed by atoms with E-state index in [0.29, 0.717) is 5.90 Å². The van der Waals surface area contributed by atoms with Gasteiger partial charge in [0.25, 0.3) is 0 Å². The first kappa shape index (κ1) is 16.6. The van der Waals surface area contributed by atoms with Gasteiger partial charge in [-0.2, -0.15) is 5.26 Å². The van der Waals surface area contributed by atoms with Crippen molar-refractivity contribution in [2.75, 3.05) is 20.1 Å². The minimum absolute atomic E-state index is 0.173. The molecule has 2 aromatic carbocycles. The Kier molecular flexibility index (Phi) is 4.55. The van der Waals surface area contributed by atoms with Crippen LogP contribution >= 0.6 is 0 Å². The predicted octanol–water partition coefficient (Wildman–Crippen LogP) is 4.14. The third-order valence-corrected chi connectivity index (χ3v) is 5.02. The maximum absolute atomic E-state index is 9.31. The van der Waals surface area contributed by atoms with Gasteiger partial charge in [0.05, 0.1) is 11.8 Å². The van der Waals surface area contributed by atoms with E-state index in [0.717, 1.165) is 53.9 Å². The number of hydrogen-bond acceptors (Lipinski definition) is 4. The second-order valence-electron chi connectivity index (χ2n) is 6.79. The number of nitriles is 1. The lowest BCUT2D eigenvalue weighted by atomic mass is 9.93. The summed E-state index contributed by atoms with van der Waals surface area (Å²) in [4.78, 5) is 7.18. The fourth-order valence-corrected chi connectivity index (χ4v) is 3.59. The number of allylic oxidation sites excluding steroid dienone is 1. The van der Waals surface area contributed by atoms with Crippen LogP contribution in [-0.4, -0.2) is 37.0 Å². The molecule has 0 aliphatic carbocycles. The van der Waals surface area contributed by atoms with E-state index in [-0.39, 0.29) is 6.10 Å². The summed E-state index contributed by atoms with van der Waals surface area (Å²) in [7, 11) is 2.14. The largest absolute Gasteiger partial charge is 0.474 e. The molecule has 2 heterocycles. The fraction of sp³-hybridized carbons (Fsp3) is 0.273. The first-order valence-electron chi connectivity index (χ1n) is 8.99. The number of para-hydroxylation sites is 1. The van der Waals surface area contributed by atoms with Crippen molar-refractivity contribution in [3.8, 4) is 6.07 Å². The molecule has 0 aromatic heterocycles. The SMILES string of the molecule is CN1CCC(OC2=Nc3ccccc3/C(=C/C#N)c3ccccc32)CC1. The molecule has 0 atom stereocenters. The van der Waals surface area contributed by atoms with Crippen molar-refractivity contribution in [3.05, 3.63) is 71.3 Å². The molecular formula is C22H21N3O. The highest BCUT2D eigenvalue weighted by Gasteiger charge is 2.25. The Morgan fingerprint density at radius 2 is 1.69 bits per heavy atom. The second kappa shape index (κ2) is 7.15. The number of rotatable bonds is 1. The normalized spacial score (nSPS) is 19.1. The van der Waals surface area contributed by atoms with Crippen LogP contribution in [0.15, 0.2) is 59.6 Å². The monoisotopic (exact) mass is 343 g/mol. The Hall–Kier alpha value is -2.90. The number of fused-ring (bicyclic) bond motifs is 2. The number of ether oxygens (including phenoxy) is 1. The summed E-state index contributed by atoms with van der Waals surface area (Å²) in [5.74, 6) is 0.656. The highest BCUT2D eigenvalue weighted by atomic mass is 16.5.